The Morgan fingerprint density at radius 3 is 2.33 bits per heavy atom. The van der Waals surface area contributed by atoms with Gasteiger partial charge in [0.2, 0.25) is 15.9 Å². The van der Waals surface area contributed by atoms with Crippen molar-refractivity contribution in [3.05, 3.63) is 89.5 Å². The van der Waals surface area contributed by atoms with E-state index in [0.29, 0.717) is 65.6 Å². The minimum Gasteiger partial charge on any atom is -0.462 e. The van der Waals surface area contributed by atoms with Crippen molar-refractivity contribution in [2.45, 2.75) is 6.92 Å². The minimum atomic E-state index is -3.74. The molecule has 0 radical (unpaired) electrons. The average molecular weight is 604 g/mol. The number of anilines is 3. The third-order valence-corrected chi connectivity index (χ3v) is 8.30. The molecule has 11 nitrogen and oxygen atoms in total. The monoisotopic (exact) mass is 603 g/mol. The van der Waals surface area contributed by atoms with Gasteiger partial charge in [-0.25, -0.2) is 13.2 Å². The summed E-state index contributed by atoms with van der Waals surface area (Å²) in [6, 6.07) is 20.9. The average Bonchev–Trinajstić information content (AvgIpc) is 3.34. The maximum atomic E-state index is 13.3. The van der Waals surface area contributed by atoms with Gasteiger partial charge in [0.1, 0.15) is 6.54 Å². The van der Waals surface area contributed by atoms with Crippen molar-refractivity contribution in [3.8, 4) is 0 Å². The second kappa shape index (κ2) is 12.7. The van der Waals surface area contributed by atoms with Gasteiger partial charge >= 0.3 is 5.97 Å². The van der Waals surface area contributed by atoms with Gasteiger partial charge in [-0.15, -0.1) is 0 Å². The molecule has 2 aliphatic heterocycles. The Morgan fingerprint density at radius 2 is 1.67 bits per heavy atom. The maximum Gasteiger partial charge on any atom is 0.338 e. The lowest BCUT2D eigenvalue weighted by Gasteiger charge is -2.30. The fraction of sp³-hybridized carbons (Fsp3) is 0.258. The molecule has 1 fully saturated rings. The molecule has 0 bridgehead atoms. The van der Waals surface area contributed by atoms with Gasteiger partial charge in [0.05, 0.1) is 41.1 Å². The van der Waals surface area contributed by atoms with Crippen molar-refractivity contribution < 1.29 is 27.5 Å². The zero-order valence-corrected chi connectivity index (χ0v) is 24.7. The van der Waals surface area contributed by atoms with Crippen LogP contribution in [-0.4, -0.2) is 76.7 Å². The highest BCUT2D eigenvalue weighted by atomic mass is 32.2. The number of rotatable bonds is 9. The van der Waals surface area contributed by atoms with Crippen LogP contribution in [-0.2, 0) is 24.3 Å². The lowest BCUT2D eigenvalue weighted by molar-refractivity contribution is -0.130. The molecule has 3 aromatic carbocycles. The highest BCUT2D eigenvalue weighted by Crippen LogP contribution is 2.38. The summed E-state index contributed by atoms with van der Waals surface area (Å²) in [6.07, 6.45) is 1.08. The van der Waals surface area contributed by atoms with Crippen molar-refractivity contribution in [2.75, 3.05) is 60.5 Å². The van der Waals surface area contributed by atoms with E-state index in [4.69, 9.17) is 4.74 Å². The van der Waals surface area contributed by atoms with Crippen LogP contribution in [0.4, 0.5) is 17.1 Å². The van der Waals surface area contributed by atoms with E-state index in [-0.39, 0.29) is 25.0 Å². The fourth-order valence-corrected chi connectivity index (χ4v) is 5.89. The first-order valence-corrected chi connectivity index (χ1v) is 15.8. The second-order valence-electron chi connectivity index (χ2n) is 10.1. The predicted octanol–water partition coefficient (Wildman–Crippen LogP) is 2.99. The summed E-state index contributed by atoms with van der Waals surface area (Å²) in [5, 5.41) is 9.37. The number of carbonyl (C=O) groups is 3. The van der Waals surface area contributed by atoms with Crippen molar-refractivity contribution in [3.63, 3.8) is 0 Å². The van der Waals surface area contributed by atoms with Gasteiger partial charge in [-0.3, -0.25) is 13.9 Å². The van der Waals surface area contributed by atoms with Gasteiger partial charge in [-0.05, 0) is 48.9 Å². The summed E-state index contributed by atoms with van der Waals surface area (Å²) in [5.41, 5.74) is 4.06. The largest absolute Gasteiger partial charge is 0.462 e. The molecule has 0 aliphatic carbocycles. The number of nitrogens with one attached hydrogen (secondary N) is 3. The van der Waals surface area contributed by atoms with Crippen molar-refractivity contribution >= 4 is 56.1 Å². The first-order valence-electron chi connectivity index (χ1n) is 13.9. The Labute approximate surface area is 250 Å². The van der Waals surface area contributed by atoms with Gasteiger partial charge in [0.25, 0.3) is 5.91 Å². The molecule has 2 amide bonds. The van der Waals surface area contributed by atoms with Gasteiger partial charge in [-0.2, -0.15) is 0 Å². The first-order chi connectivity index (χ1) is 20.7. The van der Waals surface area contributed by atoms with Crippen LogP contribution in [0, 0.1) is 0 Å². The van der Waals surface area contributed by atoms with Gasteiger partial charge in [0, 0.05) is 37.4 Å². The van der Waals surface area contributed by atoms with Crippen LogP contribution in [0.1, 0.15) is 28.4 Å². The molecule has 0 spiro atoms. The van der Waals surface area contributed by atoms with Gasteiger partial charge in [0.15, 0.2) is 0 Å². The summed E-state index contributed by atoms with van der Waals surface area (Å²) in [7, 11) is -3.74. The molecule has 12 heteroatoms. The molecular formula is C31H33N5O6S. The molecule has 0 atom stereocenters. The second-order valence-corrected chi connectivity index (χ2v) is 12.0. The van der Waals surface area contributed by atoms with Crippen molar-refractivity contribution in [1.29, 1.82) is 0 Å². The molecule has 0 saturated carbocycles. The van der Waals surface area contributed by atoms with E-state index in [9.17, 15) is 22.8 Å². The number of hydrogen-bond acceptors (Lipinski definition) is 8. The third kappa shape index (κ3) is 6.71. The molecule has 43 heavy (non-hydrogen) atoms. The van der Waals surface area contributed by atoms with Crippen LogP contribution >= 0.6 is 0 Å². The molecule has 0 aromatic heterocycles. The Balaban J connectivity index is 1.46. The molecule has 3 N–H and O–H groups in total. The van der Waals surface area contributed by atoms with E-state index in [1.165, 1.54) is 0 Å². The molecule has 5 rings (SSSR count). The van der Waals surface area contributed by atoms with Crippen LogP contribution in [0.5, 0.6) is 0 Å². The molecular weight excluding hydrogens is 570 g/mol. The molecule has 224 valence electrons. The standard InChI is InChI=1S/C31H33N5O6S/c1-3-42-31(39)22-9-14-25-26(19-22)34-30(38)28(25)29(21-7-5-4-6-8-21)33-23-10-12-24(13-11-23)36(43(2,40)41)20-27(37)35-17-15-32-16-18-35/h4-14,19,32-33H,3,15-18,20H2,1-2H3,(H,34,38). The zero-order valence-electron chi connectivity index (χ0n) is 23.9. The lowest BCUT2D eigenvalue weighted by Crippen LogP contribution is -2.50. The van der Waals surface area contributed by atoms with Crippen LogP contribution in [0.15, 0.2) is 72.8 Å². The highest BCUT2D eigenvalue weighted by Gasteiger charge is 2.30. The number of fused-ring (bicyclic) bond motifs is 1. The topological polar surface area (TPSA) is 137 Å². The van der Waals surface area contributed by atoms with Crippen LogP contribution in [0.25, 0.3) is 11.3 Å². The molecule has 3 aromatic rings. The summed E-state index contributed by atoms with van der Waals surface area (Å²) >= 11 is 0. The fourth-order valence-electron chi connectivity index (χ4n) is 5.04. The van der Waals surface area contributed by atoms with Crippen LogP contribution in [0.2, 0.25) is 0 Å². The number of sulfonamides is 1. The number of amides is 2. The van der Waals surface area contributed by atoms with Crippen molar-refractivity contribution in [2.24, 2.45) is 0 Å². The van der Waals surface area contributed by atoms with E-state index in [2.05, 4.69) is 16.0 Å². The Kier molecular flexibility index (Phi) is 8.78. The summed E-state index contributed by atoms with van der Waals surface area (Å²) in [6.45, 7) is 4.05. The minimum absolute atomic E-state index is 0.239. The smallest absolute Gasteiger partial charge is 0.338 e. The number of piperazine rings is 1. The van der Waals surface area contributed by atoms with Gasteiger partial charge < -0.3 is 25.6 Å². The molecule has 2 aliphatic rings. The zero-order chi connectivity index (χ0) is 30.6. The van der Waals surface area contributed by atoms with E-state index in [1.54, 1.807) is 54.3 Å². The van der Waals surface area contributed by atoms with E-state index < -0.39 is 16.0 Å². The quantitative estimate of drug-likeness (QED) is 0.251. The molecule has 0 unspecified atom stereocenters. The Hall–Kier alpha value is -4.68. The number of hydrogen-bond donors (Lipinski definition) is 3. The first kappa shape index (κ1) is 29.8. The Morgan fingerprint density at radius 1 is 0.977 bits per heavy atom. The van der Waals surface area contributed by atoms with Gasteiger partial charge in [-0.1, -0.05) is 36.4 Å². The summed E-state index contributed by atoms with van der Waals surface area (Å²) in [5.74, 6) is -1.08. The normalized spacial score (nSPS) is 15.8. The summed E-state index contributed by atoms with van der Waals surface area (Å²) in [4.78, 5) is 40.1. The lowest BCUT2D eigenvalue weighted by atomic mass is 9.99. The van der Waals surface area contributed by atoms with E-state index in [1.807, 2.05) is 30.3 Å². The number of nitrogens with zero attached hydrogens (tertiary/aromatic N) is 2. The number of esters is 1. The van der Waals surface area contributed by atoms with Crippen LogP contribution < -0.4 is 20.3 Å². The van der Waals surface area contributed by atoms with E-state index >= 15 is 0 Å². The van der Waals surface area contributed by atoms with Crippen LogP contribution in [0.3, 0.4) is 0 Å². The Bertz CT molecular complexity index is 1670. The van der Waals surface area contributed by atoms with Crippen molar-refractivity contribution in [1.82, 2.24) is 10.2 Å². The predicted molar refractivity (Wildman–Crippen MR) is 166 cm³/mol. The number of ether oxygens (including phenoxy) is 1. The SMILES string of the molecule is CCOC(=O)c1ccc2c(c1)NC(=O)C2=C(Nc1ccc(N(CC(=O)N2CCNCC2)S(C)(=O)=O)cc1)c1ccccc1. The number of carbonyl (C=O) groups excluding carboxylic acids is 3. The number of benzene rings is 3. The molecule has 2 heterocycles. The maximum absolute atomic E-state index is 13.3. The van der Waals surface area contributed by atoms with E-state index in [0.717, 1.165) is 16.1 Å². The molecule has 1 saturated heterocycles. The third-order valence-electron chi connectivity index (χ3n) is 7.16. The summed E-state index contributed by atoms with van der Waals surface area (Å²) < 4.78 is 31.5. The highest BCUT2D eigenvalue weighted by molar-refractivity contribution is 7.92.